The van der Waals surface area contributed by atoms with Crippen LogP contribution in [0.15, 0.2) is 24.3 Å². The van der Waals surface area contributed by atoms with Crippen LogP contribution in [0.1, 0.15) is 73.7 Å². The first-order chi connectivity index (χ1) is 16.9. The lowest BCUT2D eigenvalue weighted by molar-refractivity contribution is -0.142. The molecule has 2 amide bonds. The number of likely N-dealkylation sites (tertiary alicyclic amines) is 2. The van der Waals surface area contributed by atoms with E-state index in [1.807, 2.05) is 12.1 Å². The Morgan fingerprint density at radius 1 is 1.14 bits per heavy atom. The van der Waals surface area contributed by atoms with Crippen molar-refractivity contribution in [3.63, 3.8) is 0 Å². The number of nitrogens with zero attached hydrogens (tertiary/aromatic N) is 2. The van der Waals surface area contributed by atoms with Crippen LogP contribution in [0.3, 0.4) is 0 Å². The molecule has 3 aliphatic heterocycles. The average molecular weight is 483 g/mol. The lowest BCUT2D eigenvalue weighted by Gasteiger charge is -2.35. The van der Waals surface area contributed by atoms with E-state index in [-0.39, 0.29) is 36.8 Å². The van der Waals surface area contributed by atoms with E-state index in [0.717, 1.165) is 45.3 Å². The van der Waals surface area contributed by atoms with E-state index in [1.54, 1.807) is 4.90 Å². The second-order valence-electron chi connectivity index (χ2n) is 10.8. The highest BCUT2D eigenvalue weighted by Crippen LogP contribution is 2.36. The Balaban J connectivity index is 1.26. The molecule has 8 heteroatoms. The van der Waals surface area contributed by atoms with Crippen molar-refractivity contribution in [2.75, 3.05) is 32.8 Å². The van der Waals surface area contributed by atoms with Gasteiger partial charge in [-0.15, -0.1) is 0 Å². The van der Waals surface area contributed by atoms with Crippen molar-refractivity contribution in [1.29, 1.82) is 0 Å². The summed E-state index contributed by atoms with van der Waals surface area (Å²) in [6.45, 7) is 5.91. The quantitative estimate of drug-likeness (QED) is 0.641. The molecule has 0 unspecified atom stereocenters. The molecule has 0 spiro atoms. The third kappa shape index (κ3) is 4.63. The maximum absolute atomic E-state index is 13.7. The molecule has 4 fully saturated rings. The molecule has 0 aromatic heterocycles. The zero-order valence-corrected chi connectivity index (χ0v) is 20.7. The molecule has 190 valence electrons. The molecule has 3 atom stereocenters. The van der Waals surface area contributed by atoms with Gasteiger partial charge in [-0.3, -0.25) is 14.4 Å². The number of nitrogens with two attached hydrogens (primary N) is 1. The number of carbonyl (C=O) groups excluding carboxylic acids is 3. The topological polar surface area (TPSA) is 105 Å². The van der Waals surface area contributed by atoms with Crippen LogP contribution in [-0.4, -0.2) is 83.9 Å². The van der Waals surface area contributed by atoms with Crippen molar-refractivity contribution in [1.82, 2.24) is 15.1 Å². The monoisotopic (exact) mass is 482 g/mol. The predicted octanol–water partition coefficient (Wildman–Crippen LogP) is 1.82. The van der Waals surface area contributed by atoms with Crippen LogP contribution in [0, 0.1) is 0 Å². The standard InChI is InChI=1S/C27H38N4O4/c1-2-13-30-14-9-19(10-15-30)18-5-7-20(8-6-18)25(33)29-27(11-3-4-12-27)26(34)31-16-21(28)24-23(31)22(32)17-35-24/h5-8,19,21,23-24H,2-4,9-17,28H2,1H3,(H,29,33)/t21-,23+,24+/m0/s1. The molecule has 0 radical (unpaired) electrons. The second-order valence-corrected chi connectivity index (χ2v) is 10.8. The minimum Gasteiger partial charge on any atom is -0.366 e. The zero-order valence-electron chi connectivity index (χ0n) is 20.7. The number of carbonyl (C=O) groups is 3. The van der Waals surface area contributed by atoms with Gasteiger partial charge in [-0.1, -0.05) is 31.9 Å². The van der Waals surface area contributed by atoms with Crippen LogP contribution in [0.2, 0.25) is 0 Å². The summed E-state index contributed by atoms with van der Waals surface area (Å²) in [7, 11) is 0. The van der Waals surface area contributed by atoms with Crippen molar-refractivity contribution in [2.45, 2.75) is 81.5 Å². The van der Waals surface area contributed by atoms with Crippen molar-refractivity contribution >= 4 is 17.6 Å². The van der Waals surface area contributed by atoms with Gasteiger partial charge in [0, 0.05) is 12.1 Å². The fourth-order valence-corrected chi connectivity index (χ4v) is 6.55. The highest BCUT2D eigenvalue weighted by atomic mass is 16.5. The molecule has 3 heterocycles. The number of benzene rings is 1. The molecule has 1 aromatic carbocycles. The molecule has 1 saturated carbocycles. The zero-order chi connectivity index (χ0) is 24.6. The lowest BCUT2D eigenvalue weighted by atomic mass is 9.88. The first-order valence-electron chi connectivity index (χ1n) is 13.3. The van der Waals surface area contributed by atoms with Crippen molar-refractivity contribution in [2.24, 2.45) is 5.73 Å². The number of nitrogens with one attached hydrogen (secondary N) is 1. The first-order valence-corrected chi connectivity index (χ1v) is 13.3. The predicted molar refractivity (Wildman–Crippen MR) is 132 cm³/mol. The molecule has 35 heavy (non-hydrogen) atoms. The van der Waals surface area contributed by atoms with Gasteiger partial charge in [0.05, 0.1) is 6.04 Å². The number of hydrogen-bond donors (Lipinski definition) is 2. The smallest absolute Gasteiger partial charge is 0.252 e. The SMILES string of the molecule is CCCN1CCC(c2ccc(C(=O)NC3(C(=O)N4C[C@H](N)[C@H]5OCC(=O)[C@H]54)CCCC3)cc2)CC1. The Kier molecular flexibility index (Phi) is 6.97. The van der Waals surface area contributed by atoms with E-state index in [0.29, 0.717) is 24.3 Å². The van der Waals surface area contributed by atoms with Crippen LogP contribution in [-0.2, 0) is 14.3 Å². The van der Waals surface area contributed by atoms with Gasteiger partial charge in [0.1, 0.15) is 24.3 Å². The molecular weight excluding hydrogens is 444 g/mol. The van der Waals surface area contributed by atoms with Crippen molar-refractivity contribution < 1.29 is 19.1 Å². The van der Waals surface area contributed by atoms with E-state index in [4.69, 9.17) is 10.5 Å². The van der Waals surface area contributed by atoms with Gasteiger partial charge >= 0.3 is 0 Å². The molecule has 8 nitrogen and oxygen atoms in total. The average Bonchev–Trinajstić information content (AvgIpc) is 3.58. The molecular formula is C27H38N4O4. The summed E-state index contributed by atoms with van der Waals surface area (Å²) in [5.41, 5.74) is 7.04. The van der Waals surface area contributed by atoms with Gasteiger partial charge in [0.15, 0.2) is 5.78 Å². The summed E-state index contributed by atoms with van der Waals surface area (Å²) in [5.74, 6) is -0.00688. The van der Waals surface area contributed by atoms with Gasteiger partial charge in [0.25, 0.3) is 5.91 Å². The van der Waals surface area contributed by atoms with Gasteiger partial charge < -0.3 is 25.6 Å². The molecule has 0 bridgehead atoms. The van der Waals surface area contributed by atoms with Gasteiger partial charge in [-0.25, -0.2) is 0 Å². The lowest BCUT2D eigenvalue weighted by Crippen LogP contribution is -2.60. The fraction of sp³-hybridized carbons (Fsp3) is 0.667. The van der Waals surface area contributed by atoms with E-state index < -0.39 is 17.7 Å². The maximum Gasteiger partial charge on any atom is 0.252 e. The Hall–Kier alpha value is -2.29. The molecule has 3 saturated heterocycles. The summed E-state index contributed by atoms with van der Waals surface area (Å²) in [6, 6.07) is 6.88. The first kappa shape index (κ1) is 24.4. The number of ether oxygens (including phenoxy) is 1. The van der Waals surface area contributed by atoms with E-state index in [2.05, 4.69) is 29.3 Å². The number of rotatable bonds is 6. The summed E-state index contributed by atoms with van der Waals surface area (Å²) < 4.78 is 5.55. The number of Topliss-reactive ketones (excluding diaryl/α,β-unsaturated/α-hetero) is 1. The Labute approximate surface area is 207 Å². The molecule has 1 aromatic rings. The number of hydrogen-bond acceptors (Lipinski definition) is 6. The number of piperidine rings is 1. The van der Waals surface area contributed by atoms with Crippen molar-refractivity contribution in [3.05, 3.63) is 35.4 Å². The van der Waals surface area contributed by atoms with Crippen LogP contribution in [0.5, 0.6) is 0 Å². The van der Waals surface area contributed by atoms with Crippen LogP contribution < -0.4 is 11.1 Å². The second kappa shape index (κ2) is 9.99. The summed E-state index contributed by atoms with van der Waals surface area (Å²) in [5, 5.41) is 3.08. The van der Waals surface area contributed by atoms with Crippen LogP contribution >= 0.6 is 0 Å². The fourth-order valence-electron chi connectivity index (χ4n) is 6.55. The number of ketones is 1. The van der Waals surface area contributed by atoms with E-state index in [1.165, 1.54) is 12.0 Å². The van der Waals surface area contributed by atoms with Gasteiger partial charge in [-0.05, 0) is 75.4 Å². The van der Waals surface area contributed by atoms with Gasteiger partial charge in [0.2, 0.25) is 5.91 Å². The van der Waals surface area contributed by atoms with Gasteiger partial charge in [-0.2, -0.15) is 0 Å². The molecule has 5 rings (SSSR count). The Bertz CT molecular complexity index is 950. The highest BCUT2D eigenvalue weighted by Gasteiger charge is 2.55. The van der Waals surface area contributed by atoms with Crippen LogP contribution in [0.4, 0.5) is 0 Å². The normalized spacial score (nSPS) is 28.9. The van der Waals surface area contributed by atoms with Crippen molar-refractivity contribution in [3.8, 4) is 0 Å². The van der Waals surface area contributed by atoms with Crippen LogP contribution in [0.25, 0.3) is 0 Å². The van der Waals surface area contributed by atoms with E-state index >= 15 is 0 Å². The molecule has 3 N–H and O–H groups in total. The Morgan fingerprint density at radius 2 is 1.83 bits per heavy atom. The third-order valence-electron chi connectivity index (χ3n) is 8.48. The number of amides is 2. The summed E-state index contributed by atoms with van der Waals surface area (Å²) >= 11 is 0. The highest BCUT2D eigenvalue weighted by molar-refractivity contribution is 6.01. The minimum absolute atomic E-state index is 0.00382. The molecule has 1 aliphatic carbocycles. The van der Waals surface area contributed by atoms with E-state index in [9.17, 15) is 14.4 Å². The summed E-state index contributed by atoms with van der Waals surface area (Å²) in [6.07, 6.45) is 5.90. The minimum atomic E-state index is -0.987. The summed E-state index contributed by atoms with van der Waals surface area (Å²) in [4.78, 5) is 43.6. The Morgan fingerprint density at radius 3 is 2.49 bits per heavy atom. The molecule has 4 aliphatic rings. The third-order valence-corrected chi connectivity index (χ3v) is 8.48. The maximum atomic E-state index is 13.7. The number of fused-ring (bicyclic) bond motifs is 1. The largest absolute Gasteiger partial charge is 0.366 e.